The summed E-state index contributed by atoms with van der Waals surface area (Å²) in [5, 5.41) is 7.10. The number of aliphatic imine (C=N–C) groups is 1. The van der Waals surface area contributed by atoms with E-state index in [0.29, 0.717) is 25.5 Å². The summed E-state index contributed by atoms with van der Waals surface area (Å²) in [7, 11) is -1.40. The van der Waals surface area contributed by atoms with Gasteiger partial charge < -0.3 is 10.6 Å². The highest BCUT2D eigenvalue weighted by atomic mass is 35.5. The maximum absolute atomic E-state index is 11.3. The smallest absolute Gasteiger partial charge is 0.211 e. The van der Waals surface area contributed by atoms with Crippen LogP contribution < -0.4 is 15.4 Å². The van der Waals surface area contributed by atoms with Crippen LogP contribution in [0.2, 0.25) is 5.02 Å². The van der Waals surface area contributed by atoms with Crippen LogP contribution in [0.25, 0.3) is 0 Å². The first-order chi connectivity index (χ1) is 11.0. The second kappa shape index (κ2) is 10.5. The summed E-state index contributed by atoms with van der Waals surface area (Å²) < 4.78 is 25.1. The Hall–Kier alpha value is -1.31. The molecule has 0 radical (unpaired) electrons. The Morgan fingerprint density at radius 1 is 1.13 bits per heavy atom. The zero-order valence-corrected chi connectivity index (χ0v) is 15.2. The summed E-state index contributed by atoms with van der Waals surface area (Å²) in [5.41, 5.74) is 1.20. The number of rotatable bonds is 9. The lowest BCUT2D eigenvalue weighted by molar-refractivity contribution is 0.579. The van der Waals surface area contributed by atoms with Gasteiger partial charge in [0.2, 0.25) is 10.0 Å². The Kier molecular flexibility index (Phi) is 8.98. The molecule has 130 valence electrons. The van der Waals surface area contributed by atoms with Gasteiger partial charge in [0.1, 0.15) is 0 Å². The third-order valence-electron chi connectivity index (χ3n) is 3.19. The molecule has 1 aromatic carbocycles. The zero-order chi connectivity index (χ0) is 17.1. The summed E-state index contributed by atoms with van der Waals surface area (Å²) in [5.74, 6) is 0.811. The third-order valence-corrected chi connectivity index (χ3v) is 4.85. The second-order valence-electron chi connectivity index (χ2n) is 4.95. The third kappa shape index (κ3) is 8.78. The van der Waals surface area contributed by atoms with E-state index < -0.39 is 10.0 Å². The van der Waals surface area contributed by atoms with E-state index in [-0.39, 0.29) is 5.75 Å². The summed E-state index contributed by atoms with van der Waals surface area (Å²) in [6.07, 6.45) is 1.56. The van der Waals surface area contributed by atoms with E-state index in [0.717, 1.165) is 18.0 Å². The fraction of sp³-hybridized carbons (Fsp3) is 0.533. The molecular weight excluding hydrogens is 336 g/mol. The minimum atomic E-state index is -3.11. The van der Waals surface area contributed by atoms with Crippen molar-refractivity contribution in [3.05, 3.63) is 34.9 Å². The maximum Gasteiger partial charge on any atom is 0.211 e. The van der Waals surface area contributed by atoms with Crippen LogP contribution in [-0.4, -0.2) is 46.8 Å². The van der Waals surface area contributed by atoms with Crippen LogP contribution >= 0.6 is 11.6 Å². The van der Waals surface area contributed by atoms with Gasteiger partial charge in [-0.25, -0.2) is 13.1 Å². The van der Waals surface area contributed by atoms with E-state index in [1.165, 1.54) is 5.56 Å². The molecule has 0 atom stereocenters. The molecule has 0 bridgehead atoms. The number of hydrogen-bond donors (Lipinski definition) is 3. The Balaban J connectivity index is 2.18. The fourth-order valence-electron chi connectivity index (χ4n) is 1.82. The van der Waals surface area contributed by atoms with Crippen LogP contribution in [0.15, 0.2) is 29.3 Å². The number of nitrogens with one attached hydrogen (secondary N) is 3. The molecule has 0 aliphatic carbocycles. The van der Waals surface area contributed by atoms with Crippen LogP contribution in [0.3, 0.4) is 0 Å². The van der Waals surface area contributed by atoms with Crippen molar-refractivity contribution in [1.29, 1.82) is 0 Å². The summed E-state index contributed by atoms with van der Waals surface area (Å²) in [6, 6.07) is 7.75. The first-order valence-electron chi connectivity index (χ1n) is 7.63. The lowest BCUT2D eigenvalue weighted by Gasteiger charge is -2.12. The quantitative estimate of drug-likeness (QED) is 0.353. The molecule has 0 saturated carbocycles. The van der Waals surface area contributed by atoms with Gasteiger partial charge in [-0.2, -0.15) is 0 Å². The number of sulfonamides is 1. The first-order valence-corrected chi connectivity index (χ1v) is 9.66. The average molecular weight is 361 g/mol. The van der Waals surface area contributed by atoms with Gasteiger partial charge in [-0.3, -0.25) is 4.99 Å². The Morgan fingerprint density at radius 2 is 1.78 bits per heavy atom. The minimum absolute atomic E-state index is 0.106. The van der Waals surface area contributed by atoms with E-state index in [1.54, 1.807) is 14.0 Å². The molecule has 0 aliphatic rings. The lowest BCUT2D eigenvalue weighted by Crippen LogP contribution is -2.39. The molecule has 0 spiro atoms. The highest BCUT2D eigenvalue weighted by Gasteiger charge is 2.04. The molecular formula is C15H25ClN4O2S. The van der Waals surface area contributed by atoms with E-state index in [4.69, 9.17) is 11.6 Å². The summed E-state index contributed by atoms with van der Waals surface area (Å²) >= 11 is 5.85. The van der Waals surface area contributed by atoms with Gasteiger partial charge in [-0.15, -0.1) is 0 Å². The number of nitrogens with zero attached hydrogens (tertiary/aromatic N) is 1. The molecule has 1 aromatic rings. The van der Waals surface area contributed by atoms with Gasteiger partial charge in [0.15, 0.2) is 5.96 Å². The van der Waals surface area contributed by atoms with Crippen LogP contribution in [0.4, 0.5) is 0 Å². The molecule has 0 unspecified atom stereocenters. The van der Waals surface area contributed by atoms with E-state index >= 15 is 0 Å². The van der Waals surface area contributed by atoms with Crippen LogP contribution in [0.5, 0.6) is 0 Å². The molecule has 0 heterocycles. The van der Waals surface area contributed by atoms with Crippen molar-refractivity contribution in [1.82, 2.24) is 15.4 Å². The monoisotopic (exact) mass is 360 g/mol. The Labute approximate surface area is 143 Å². The fourth-order valence-corrected chi connectivity index (χ4v) is 2.61. The molecule has 3 N–H and O–H groups in total. The molecule has 0 aromatic heterocycles. The average Bonchev–Trinajstić information content (AvgIpc) is 2.54. The number of guanidine groups is 1. The SMILES string of the molecule is CCS(=O)(=O)NCCCNC(=NC)NCCc1ccc(Cl)cc1. The normalized spacial score (nSPS) is 12.2. The van der Waals surface area contributed by atoms with Crippen molar-refractivity contribution in [2.45, 2.75) is 19.8 Å². The highest BCUT2D eigenvalue weighted by molar-refractivity contribution is 7.89. The molecule has 0 aliphatic heterocycles. The molecule has 1 rings (SSSR count). The predicted octanol–water partition coefficient (Wildman–Crippen LogP) is 1.38. The number of benzene rings is 1. The summed E-state index contributed by atoms with van der Waals surface area (Å²) in [6.45, 7) is 3.44. The number of halogens is 1. The lowest BCUT2D eigenvalue weighted by atomic mass is 10.1. The molecule has 6 nitrogen and oxygen atoms in total. The first kappa shape index (κ1) is 19.7. The van der Waals surface area contributed by atoms with Crippen molar-refractivity contribution < 1.29 is 8.42 Å². The summed E-state index contributed by atoms with van der Waals surface area (Å²) in [4.78, 5) is 4.13. The molecule has 0 saturated heterocycles. The van der Waals surface area contributed by atoms with Crippen molar-refractivity contribution in [2.75, 3.05) is 32.4 Å². The van der Waals surface area contributed by atoms with Crippen molar-refractivity contribution in [3.63, 3.8) is 0 Å². The van der Waals surface area contributed by atoms with Gasteiger partial charge in [-0.1, -0.05) is 23.7 Å². The zero-order valence-electron chi connectivity index (χ0n) is 13.6. The molecule has 8 heteroatoms. The van der Waals surface area contributed by atoms with Gasteiger partial charge in [-0.05, 0) is 37.5 Å². The van der Waals surface area contributed by atoms with Crippen molar-refractivity contribution >= 4 is 27.6 Å². The van der Waals surface area contributed by atoms with Crippen LogP contribution in [0, 0.1) is 0 Å². The maximum atomic E-state index is 11.3. The number of hydrogen-bond acceptors (Lipinski definition) is 3. The van der Waals surface area contributed by atoms with Crippen LogP contribution in [-0.2, 0) is 16.4 Å². The van der Waals surface area contributed by atoms with Gasteiger partial charge in [0.25, 0.3) is 0 Å². The second-order valence-corrected chi connectivity index (χ2v) is 7.49. The molecule has 0 fully saturated rings. The van der Waals surface area contributed by atoms with E-state index in [1.807, 2.05) is 24.3 Å². The Bertz CT molecular complexity index is 588. The van der Waals surface area contributed by atoms with E-state index in [2.05, 4.69) is 20.3 Å². The minimum Gasteiger partial charge on any atom is -0.356 e. The van der Waals surface area contributed by atoms with E-state index in [9.17, 15) is 8.42 Å². The largest absolute Gasteiger partial charge is 0.356 e. The topological polar surface area (TPSA) is 82.6 Å². The molecule has 23 heavy (non-hydrogen) atoms. The Morgan fingerprint density at radius 3 is 2.39 bits per heavy atom. The molecule has 0 amide bonds. The van der Waals surface area contributed by atoms with Crippen molar-refractivity contribution in [2.24, 2.45) is 4.99 Å². The highest BCUT2D eigenvalue weighted by Crippen LogP contribution is 2.09. The predicted molar refractivity (Wildman–Crippen MR) is 96.6 cm³/mol. The van der Waals surface area contributed by atoms with Crippen LogP contribution in [0.1, 0.15) is 18.9 Å². The standard InChI is InChI=1S/C15H25ClN4O2S/c1-3-23(21,22)20-11-4-10-18-15(17-2)19-12-9-13-5-7-14(16)8-6-13/h5-8,20H,3-4,9-12H2,1-2H3,(H2,17,18,19). The van der Waals surface area contributed by atoms with Gasteiger partial charge >= 0.3 is 0 Å². The van der Waals surface area contributed by atoms with Crippen molar-refractivity contribution in [3.8, 4) is 0 Å². The van der Waals surface area contributed by atoms with Gasteiger partial charge in [0, 0.05) is 31.7 Å². The van der Waals surface area contributed by atoms with Gasteiger partial charge in [0.05, 0.1) is 5.75 Å².